The molecule has 0 radical (unpaired) electrons. The standard InChI is InChI=1S/C28H34BrN7O3S/c1-4-40(37,38)35-10-9-20(17-35)31-25-24(29)16-30-28-26(25)32-27(33-28)23-15-18(2)36(19(23)3)22-7-5-21(6-8-22)34-11-13-39-14-12-34/h5-8,15-16,20H,4,9-14,17H2,1-3H3,(H2,30,31,32,33). The van der Waals surface area contributed by atoms with Crippen molar-refractivity contribution in [1.82, 2.24) is 23.8 Å². The molecular weight excluding hydrogens is 594 g/mol. The normalized spacial score (nSPS) is 18.6. The predicted molar refractivity (Wildman–Crippen MR) is 162 cm³/mol. The smallest absolute Gasteiger partial charge is 0.213 e. The van der Waals surface area contributed by atoms with Crippen LogP contribution in [0.1, 0.15) is 24.7 Å². The van der Waals surface area contributed by atoms with Crippen LogP contribution in [-0.2, 0) is 14.8 Å². The van der Waals surface area contributed by atoms with Gasteiger partial charge in [0.25, 0.3) is 0 Å². The largest absolute Gasteiger partial charge is 0.378 e. The predicted octanol–water partition coefficient (Wildman–Crippen LogP) is 4.47. The van der Waals surface area contributed by atoms with Crippen LogP contribution in [0.15, 0.2) is 41.0 Å². The Morgan fingerprint density at radius 3 is 2.58 bits per heavy atom. The number of fused-ring (bicyclic) bond motifs is 1. The number of pyridine rings is 1. The molecule has 2 fully saturated rings. The lowest BCUT2D eigenvalue weighted by atomic mass is 10.2. The van der Waals surface area contributed by atoms with Gasteiger partial charge in [0.05, 0.1) is 29.1 Å². The van der Waals surface area contributed by atoms with Crippen molar-refractivity contribution in [2.45, 2.75) is 33.2 Å². The first-order chi connectivity index (χ1) is 19.2. The van der Waals surface area contributed by atoms with Gasteiger partial charge in [0.2, 0.25) is 10.0 Å². The number of morpholine rings is 1. The van der Waals surface area contributed by atoms with Gasteiger partial charge in [-0.2, -0.15) is 4.31 Å². The van der Waals surface area contributed by atoms with E-state index < -0.39 is 10.0 Å². The van der Waals surface area contributed by atoms with Gasteiger partial charge in [-0.3, -0.25) is 0 Å². The topological polar surface area (TPSA) is 108 Å². The van der Waals surface area contributed by atoms with E-state index in [4.69, 9.17) is 9.72 Å². The molecule has 40 heavy (non-hydrogen) atoms. The fraction of sp³-hybridized carbons (Fsp3) is 0.429. The Morgan fingerprint density at radius 1 is 1.12 bits per heavy atom. The monoisotopic (exact) mass is 627 g/mol. The van der Waals surface area contributed by atoms with Gasteiger partial charge in [-0.15, -0.1) is 0 Å². The number of H-pyrrole nitrogens is 1. The van der Waals surface area contributed by atoms with Gasteiger partial charge in [0.15, 0.2) is 5.65 Å². The van der Waals surface area contributed by atoms with E-state index in [1.54, 1.807) is 17.4 Å². The zero-order valence-corrected chi connectivity index (χ0v) is 25.3. The molecule has 4 aromatic rings. The number of aromatic nitrogens is 4. The Hall–Kier alpha value is -2.93. The second-order valence-electron chi connectivity index (χ2n) is 10.4. The molecule has 5 heterocycles. The first-order valence-corrected chi connectivity index (χ1v) is 16.1. The van der Waals surface area contributed by atoms with Crippen molar-refractivity contribution in [2.24, 2.45) is 0 Å². The van der Waals surface area contributed by atoms with Crippen LogP contribution < -0.4 is 10.2 Å². The van der Waals surface area contributed by atoms with Crippen LogP contribution in [0.3, 0.4) is 0 Å². The zero-order chi connectivity index (χ0) is 28.0. The minimum Gasteiger partial charge on any atom is -0.378 e. The average Bonchev–Trinajstić information content (AvgIpc) is 3.68. The minimum atomic E-state index is -3.21. The van der Waals surface area contributed by atoms with E-state index in [1.807, 2.05) is 0 Å². The molecule has 1 unspecified atom stereocenters. The second kappa shape index (κ2) is 10.8. The molecule has 12 heteroatoms. The highest BCUT2D eigenvalue weighted by atomic mass is 79.9. The van der Waals surface area contributed by atoms with E-state index in [0.29, 0.717) is 18.7 Å². The zero-order valence-electron chi connectivity index (χ0n) is 22.9. The maximum absolute atomic E-state index is 12.3. The average molecular weight is 629 g/mol. The molecule has 0 amide bonds. The molecule has 10 nitrogen and oxygen atoms in total. The highest BCUT2D eigenvalue weighted by Gasteiger charge is 2.31. The first-order valence-electron chi connectivity index (χ1n) is 13.7. The van der Waals surface area contributed by atoms with Crippen LogP contribution >= 0.6 is 15.9 Å². The number of rotatable bonds is 7. The summed E-state index contributed by atoms with van der Waals surface area (Å²) in [6, 6.07) is 10.8. The Kier molecular flexibility index (Phi) is 7.36. The van der Waals surface area contributed by atoms with Crippen molar-refractivity contribution >= 4 is 48.5 Å². The summed E-state index contributed by atoms with van der Waals surface area (Å²) in [5.41, 5.74) is 7.74. The third-order valence-electron chi connectivity index (χ3n) is 7.90. The lowest BCUT2D eigenvalue weighted by molar-refractivity contribution is 0.122. The number of ether oxygens (including phenoxy) is 1. The molecule has 0 aliphatic carbocycles. The molecule has 1 aromatic carbocycles. The Balaban J connectivity index is 1.28. The number of benzene rings is 1. The first kappa shape index (κ1) is 27.3. The molecule has 2 saturated heterocycles. The SMILES string of the molecule is CCS(=O)(=O)N1CCC(Nc2c(Br)cnc3[nH]c(-c4cc(C)n(-c5ccc(N6CCOCC6)cc5)c4C)nc23)C1. The van der Waals surface area contributed by atoms with Crippen molar-refractivity contribution in [2.75, 3.05) is 55.4 Å². The molecule has 0 spiro atoms. The molecule has 1 atom stereocenters. The fourth-order valence-corrected chi connectivity index (χ4v) is 7.28. The number of hydrogen-bond acceptors (Lipinski definition) is 7. The lowest BCUT2D eigenvalue weighted by Crippen LogP contribution is -2.36. The Bertz CT molecular complexity index is 1640. The Morgan fingerprint density at radius 2 is 1.85 bits per heavy atom. The number of aryl methyl sites for hydroxylation is 1. The summed E-state index contributed by atoms with van der Waals surface area (Å²) >= 11 is 3.63. The van der Waals surface area contributed by atoms with Crippen molar-refractivity contribution < 1.29 is 13.2 Å². The van der Waals surface area contributed by atoms with E-state index >= 15 is 0 Å². The van der Waals surface area contributed by atoms with Gasteiger partial charge in [-0.25, -0.2) is 18.4 Å². The summed E-state index contributed by atoms with van der Waals surface area (Å²) in [6.07, 6.45) is 2.49. The molecule has 0 saturated carbocycles. The number of aromatic amines is 1. The third kappa shape index (κ3) is 5.02. The maximum atomic E-state index is 12.3. The Labute approximate surface area is 242 Å². The van der Waals surface area contributed by atoms with E-state index in [9.17, 15) is 8.42 Å². The molecule has 3 aromatic heterocycles. The van der Waals surface area contributed by atoms with Crippen LogP contribution in [0.25, 0.3) is 28.2 Å². The molecular formula is C28H34BrN7O3S. The summed E-state index contributed by atoms with van der Waals surface area (Å²) in [7, 11) is -3.21. The number of nitrogens with one attached hydrogen (secondary N) is 2. The number of halogens is 1. The number of nitrogens with zero attached hydrogens (tertiary/aromatic N) is 5. The summed E-state index contributed by atoms with van der Waals surface area (Å²) in [5, 5.41) is 3.54. The van der Waals surface area contributed by atoms with E-state index in [1.165, 1.54) is 5.69 Å². The fourth-order valence-electron chi connectivity index (χ4n) is 5.71. The number of imidazole rings is 1. The quantitative estimate of drug-likeness (QED) is 0.311. The van der Waals surface area contributed by atoms with E-state index in [0.717, 1.165) is 76.9 Å². The summed E-state index contributed by atoms with van der Waals surface area (Å²) in [4.78, 5) is 15.3. The summed E-state index contributed by atoms with van der Waals surface area (Å²) < 4.78 is 34.8. The van der Waals surface area contributed by atoms with Gasteiger partial charge in [0, 0.05) is 66.7 Å². The molecule has 212 valence electrons. The third-order valence-corrected chi connectivity index (χ3v) is 10.3. The summed E-state index contributed by atoms with van der Waals surface area (Å²) in [6.45, 7) is 10.2. The second-order valence-corrected chi connectivity index (χ2v) is 13.5. The van der Waals surface area contributed by atoms with Crippen molar-refractivity contribution in [3.05, 3.63) is 52.4 Å². The van der Waals surface area contributed by atoms with Crippen molar-refractivity contribution in [3.63, 3.8) is 0 Å². The van der Waals surface area contributed by atoms with Gasteiger partial charge < -0.3 is 24.5 Å². The highest BCUT2D eigenvalue weighted by molar-refractivity contribution is 9.10. The molecule has 2 aliphatic heterocycles. The van der Waals surface area contributed by atoms with Crippen LogP contribution in [-0.4, -0.2) is 83.4 Å². The van der Waals surface area contributed by atoms with Gasteiger partial charge in [0.1, 0.15) is 11.3 Å². The van der Waals surface area contributed by atoms with Crippen LogP contribution in [0.5, 0.6) is 0 Å². The number of anilines is 2. The minimum absolute atomic E-state index is 0.00567. The molecule has 6 rings (SSSR count). The van der Waals surface area contributed by atoms with E-state index in [2.05, 4.69) is 84.9 Å². The highest BCUT2D eigenvalue weighted by Crippen LogP contribution is 2.35. The molecule has 0 bridgehead atoms. The van der Waals surface area contributed by atoms with Crippen LogP contribution in [0.4, 0.5) is 11.4 Å². The summed E-state index contributed by atoms with van der Waals surface area (Å²) in [5.74, 6) is 0.858. The van der Waals surface area contributed by atoms with Gasteiger partial charge in [-0.05, 0) is 73.5 Å². The van der Waals surface area contributed by atoms with E-state index in [-0.39, 0.29) is 11.8 Å². The molecule has 2 N–H and O–H groups in total. The van der Waals surface area contributed by atoms with Gasteiger partial charge in [-0.1, -0.05) is 0 Å². The molecule has 2 aliphatic rings. The van der Waals surface area contributed by atoms with Crippen molar-refractivity contribution in [3.8, 4) is 17.1 Å². The van der Waals surface area contributed by atoms with Crippen molar-refractivity contribution in [1.29, 1.82) is 0 Å². The number of sulfonamides is 1. The lowest BCUT2D eigenvalue weighted by Gasteiger charge is -2.29. The maximum Gasteiger partial charge on any atom is 0.213 e. The van der Waals surface area contributed by atoms with Crippen LogP contribution in [0, 0.1) is 13.8 Å². The number of hydrogen-bond donors (Lipinski definition) is 2. The van der Waals surface area contributed by atoms with Gasteiger partial charge >= 0.3 is 0 Å². The van der Waals surface area contributed by atoms with Crippen LogP contribution in [0.2, 0.25) is 0 Å².